The zero-order valence-corrected chi connectivity index (χ0v) is 12.5. The molecule has 21 heavy (non-hydrogen) atoms. The van der Waals surface area contributed by atoms with Gasteiger partial charge in [-0.05, 0) is 30.3 Å². The third-order valence-electron chi connectivity index (χ3n) is 2.81. The van der Waals surface area contributed by atoms with Gasteiger partial charge in [-0.1, -0.05) is 18.2 Å². The van der Waals surface area contributed by atoms with Crippen molar-refractivity contribution >= 4 is 17.7 Å². The van der Waals surface area contributed by atoms with E-state index in [4.69, 9.17) is 4.74 Å². The number of carbonyl (C=O) groups is 1. The Morgan fingerprint density at radius 3 is 2.71 bits per heavy atom. The van der Waals surface area contributed by atoms with Crippen LogP contribution in [0.3, 0.4) is 0 Å². The number of carbonyl (C=O) groups excluding carboxylic acids is 1. The monoisotopic (exact) mass is 305 g/mol. The summed E-state index contributed by atoms with van der Waals surface area (Å²) in [4.78, 5) is 13.2. The number of ether oxygens (including phenoxy) is 1. The molecule has 0 spiro atoms. The molecule has 2 aromatic carbocycles. The standard InChI is InChI=1S/C16H16FNO2S/c1-20-15-8-7-12(17)11-14(15)16(19)18-9-10-21-13-5-3-2-4-6-13/h2-8,11H,9-10H2,1H3,(H,18,19). The number of thioether (sulfide) groups is 1. The summed E-state index contributed by atoms with van der Waals surface area (Å²) in [5.74, 6) is 0.317. The Morgan fingerprint density at radius 1 is 1.24 bits per heavy atom. The van der Waals surface area contributed by atoms with Gasteiger partial charge in [0.15, 0.2) is 0 Å². The van der Waals surface area contributed by atoms with E-state index in [0.29, 0.717) is 12.3 Å². The van der Waals surface area contributed by atoms with E-state index >= 15 is 0 Å². The summed E-state index contributed by atoms with van der Waals surface area (Å²) >= 11 is 1.65. The van der Waals surface area contributed by atoms with Crippen molar-refractivity contribution in [2.24, 2.45) is 0 Å². The summed E-state index contributed by atoms with van der Waals surface area (Å²) in [6, 6.07) is 13.8. The Kier molecular flexibility index (Phi) is 5.63. The van der Waals surface area contributed by atoms with Crippen molar-refractivity contribution in [1.29, 1.82) is 0 Å². The van der Waals surface area contributed by atoms with Gasteiger partial charge in [-0.25, -0.2) is 4.39 Å². The van der Waals surface area contributed by atoms with E-state index in [0.717, 1.165) is 10.6 Å². The molecule has 0 fully saturated rings. The van der Waals surface area contributed by atoms with E-state index in [-0.39, 0.29) is 11.5 Å². The summed E-state index contributed by atoms with van der Waals surface area (Å²) in [7, 11) is 1.45. The number of benzene rings is 2. The first kappa shape index (κ1) is 15.4. The van der Waals surface area contributed by atoms with Gasteiger partial charge in [0.2, 0.25) is 0 Å². The van der Waals surface area contributed by atoms with Crippen LogP contribution in [0.2, 0.25) is 0 Å². The van der Waals surface area contributed by atoms with E-state index < -0.39 is 5.82 Å². The lowest BCUT2D eigenvalue weighted by Crippen LogP contribution is -2.26. The lowest BCUT2D eigenvalue weighted by atomic mass is 10.2. The number of nitrogens with one attached hydrogen (secondary N) is 1. The Morgan fingerprint density at radius 2 is 2.00 bits per heavy atom. The molecule has 0 radical (unpaired) electrons. The lowest BCUT2D eigenvalue weighted by Gasteiger charge is -2.09. The van der Waals surface area contributed by atoms with Crippen LogP contribution in [0.25, 0.3) is 0 Å². The topological polar surface area (TPSA) is 38.3 Å². The van der Waals surface area contributed by atoms with E-state index in [1.807, 2.05) is 30.3 Å². The van der Waals surface area contributed by atoms with Crippen LogP contribution < -0.4 is 10.1 Å². The lowest BCUT2D eigenvalue weighted by molar-refractivity contribution is 0.0952. The minimum absolute atomic E-state index is 0.210. The molecule has 3 nitrogen and oxygen atoms in total. The van der Waals surface area contributed by atoms with E-state index in [9.17, 15) is 9.18 Å². The summed E-state index contributed by atoms with van der Waals surface area (Å²) in [5, 5.41) is 2.76. The van der Waals surface area contributed by atoms with Crippen LogP contribution in [0.1, 0.15) is 10.4 Å². The van der Waals surface area contributed by atoms with E-state index in [2.05, 4.69) is 5.32 Å². The van der Waals surface area contributed by atoms with Gasteiger partial charge < -0.3 is 10.1 Å². The number of methoxy groups -OCH3 is 1. The number of hydrogen-bond donors (Lipinski definition) is 1. The molecule has 2 rings (SSSR count). The summed E-state index contributed by atoms with van der Waals surface area (Å²) in [6.45, 7) is 0.498. The van der Waals surface area contributed by atoms with Crippen LogP contribution in [0.4, 0.5) is 4.39 Å². The predicted octanol–water partition coefficient (Wildman–Crippen LogP) is 3.36. The molecule has 0 aliphatic heterocycles. The van der Waals surface area contributed by atoms with Crippen LogP contribution in [0.5, 0.6) is 5.75 Å². The molecule has 0 bridgehead atoms. The average molecular weight is 305 g/mol. The molecule has 0 heterocycles. The molecule has 1 N–H and O–H groups in total. The molecular formula is C16H16FNO2S. The Hall–Kier alpha value is -2.01. The molecule has 0 unspecified atom stereocenters. The highest BCUT2D eigenvalue weighted by molar-refractivity contribution is 7.99. The van der Waals surface area contributed by atoms with Crippen molar-refractivity contribution in [3.63, 3.8) is 0 Å². The summed E-state index contributed by atoms with van der Waals surface area (Å²) in [6.07, 6.45) is 0. The molecule has 0 atom stereocenters. The maximum atomic E-state index is 13.2. The van der Waals surface area contributed by atoms with Gasteiger partial charge in [-0.2, -0.15) is 0 Å². The van der Waals surface area contributed by atoms with Gasteiger partial charge >= 0.3 is 0 Å². The highest BCUT2D eigenvalue weighted by Gasteiger charge is 2.12. The fraction of sp³-hybridized carbons (Fsp3) is 0.188. The molecule has 2 aromatic rings. The number of halogens is 1. The molecule has 0 saturated carbocycles. The minimum atomic E-state index is -0.459. The second-order valence-electron chi connectivity index (χ2n) is 4.26. The second kappa shape index (κ2) is 7.69. The first-order valence-electron chi connectivity index (χ1n) is 6.50. The molecule has 0 saturated heterocycles. The molecule has 110 valence electrons. The van der Waals surface area contributed by atoms with Crippen LogP contribution in [-0.4, -0.2) is 25.3 Å². The predicted molar refractivity (Wildman–Crippen MR) is 82.5 cm³/mol. The van der Waals surface area contributed by atoms with E-state index in [1.54, 1.807) is 11.8 Å². The van der Waals surface area contributed by atoms with Gasteiger partial charge in [0, 0.05) is 17.2 Å². The minimum Gasteiger partial charge on any atom is -0.496 e. The highest BCUT2D eigenvalue weighted by Crippen LogP contribution is 2.19. The molecule has 0 aliphatic carbocycles. The van der Waals surface area contributed by atoms with Crippen LogP contribution >= 0.6 is 11.8 Å². The molecule has 1 amide bonds. The van der Waals surface area contributed by atoms with Crippen molar-refractivity contribution in [2.45, 2.75) is 4.90 Å². The van der Waals surface area contributed by atoms with Crippen molar-refractivity contribution < 1.29 is 13.9 Å². The first-order chi connectivity index (χ1) is 10.2. The molecular weight excluding hydrogens is 289 g/mol. The fourth-order valence-corrected chi connectivity index (χ4v) is 2.59. The molecule has 0 aromatic heterocycles. The zero-order valence-electron chi connectivity index (χ0n) is 11.6. The fourth-order valence-electron chi connectivity index (χ4n) is 1.80. The maximum absolute atomic E-state index is 13.2. The van der Waals surface area contributed by atoms with Gasteiger partial charge in [0.25, 0.3) is 5.91 Å². The number of rotatable bonds is 6. The Balaban J connectivity index is 1.86. The second-order valence-corrected chi connectivity index (χ2v) is 5.43. The maximum Gasteiger partial charge on any atom is 0.255 e. The van der Waals surface area contributed by atoms with Gasteiger partial charge in [0.1, 0.15) is 11.6 Å². The van der Waals surface area contributed by atoms with Gasteiger partial charge in [0.05, 0.1) is 12.7 Å². The van der Waals surface area contributed by atoms with Crippen LogP contribution in [0, 0.1) is 5.82 Å². The highest BCUT2D eigenvalue weighted by atomic mass is 32.2. The smallest absolute Gasteiger partial charge is 0.255 e. The summed E-state index contributed by atoms with van der Waals surface area (Å²) < 4.78 is 18.3. The van der Waals surface area contributed by atoms with Crippen molar-refractivity contribution in [3.05, 3.63) is 59.9 Å². The van der Waals surface area contributed by atoms with Crippen molar-refractivity contribution in [1.82, 2.24) is 5.32 Å². The largest absolute Gasteiger partial charge is 0.496 e. The first-order valence-corrected chi connectivity index (χ1v) is 7.49. The average Bonchev–Trinajstić information content (AvgIpc) is 2.52. The third-order valence-corrected chi connectivity index (χ3v) is 3.82. The molecule has 0 aliphatic rings. The van der Waals surface area contributed by atoms with Crippen LogP contribution in [-0.2, 0) is 0 Å². The van der Waals surface area contributed by atoms with Crippen molar-refractivity contribution in [2.75, 3.05) is 19.4 Å². The third kappa shape index (κ3) is 4.49. The normalized spacial score (nSPS) is 10.2. The Labute approximate surface area is 127 Å². The molecule has 5 heteroatoms. The summed E-state index contributed by atoms with van der Waals surface area (Å²) in [5.41, 5.74) is 0.210. The van der Waals surface area contributed by atoms with Crippen molar-refractivity contribution in [3.8, 4) is 5.75 Å². The number of amides is 1. The zero-order chi connectivity index (χ0) is 15.1. The SMILES string of the molecule is COc1ccc(F)cc1C(=O)NCCSc1ccccc1. The van der Waals surface area contributed by atoms with Gasteiger partial charge in [-0.15, -0.1) is 11.8 Å². The Bertz CT molecular complexity index is 604. The van der Waals surface area contributed by atoms with Gasteiger partial charge in [-0.3, -0.25) is 4.79 Å². The van der Waals surface area contributed by atoms with E-state index in [1.165, 1.54) is 25.3 Å². The number of hydrogen-bond acceptors (Lipinski definition) is 3. The quantitative estimate of drug-likeness (QED) is 0.657. The van der Waals surface area contributed by atoms with Crippen LogP contribution in [0.15, 0.2) is 53.4 Å².